The molecule has 0 bridgehead atoms. The molecular weight excluding hydrogens is 362 g/mol. The first-order valence-electron chi connectivity index (χ1n) is 8.25. The molecule has 0 spiro atoms. The van der Waals surface area contributed by atoms with Gasteiger partial charge in [0.1, 0.15) is 0 Å². The van der Waals surface area contributed by atoms with Crippen LogP contribution in [-0.2, 0) is 17.1 Å². The van der Waals surface area contributed by atoms with Crippen molar-refractivity contribution in [2.75, 3.05) is 4.72 Å². The molecule has 0 atom stereocenters. The zero-order valence-electron chi connectivity index (χ0n) is 15.0. The van der Waals surface area contributed by atoms with Crippen LogP contribution >= 0.6 is 0 Å². The van der Waals surface area contributed by atoms with E-state index in [2.05, 4.69) is 9.82 Å². The monoisotopic (exact) mass is 381 g/mol. The Bertz CT molecular complexity index is 1150. The summed E-state index contributed by atoms with van der Waals surface area (Å²) >= 11 is 0. The molecule has 0 saturated carbocycles. The van der Waals surface area contributed by atoms with Crippen LogP contribution in [-0.4, -0.2) is 18.2 Å². The van der Waals surface area contributed by atoms with E-state index in [0.717, 1.165) is 16.5 Å². The van der Waals surface area contributed by atoms with Crippen molar-refractivity contribution in [3.63, 3.8) is 0 Å². The normalized spacial score (nSPS) is 11.6. The van der Waals surface area contributed by atoms with E-state index in [1.54, 1.807) is 37.4 Å². The van der Waals surface area contributed by atoms with E-state index < -0.39 is 10.0 Å². The highest BCUT2D eigenvalue weighted by atomic mass is 32.2. The van der Waals surface area contributed by atoms with Gasteiger partial charge in [-0.1, -0.05) is 48.0 Å². The summed E-state index contributed by atoms with van der Waals surface area (Å²) in [7, 11) is -2.17. The van der Waals surface area contributed by atoms with Crippen LogP contribution in [0.25, 0.3) is 17.3 Å². The quantitative estimate of drug-likeness (QED) is 0.736. The average Bonchev–Trinajstić information content (AvgIpc) is 2.64. The zero-order valence-corrected chi connectivity index (χ0v) is 15.8. The van der Waals surface area contributed by atoms with Crippen LogP contribution in [0.4, 0.5) is 5.69 Å². The summed E-state index contributed by atoms with van der Waals surface area (Å²) in [5.41, 5.74) is 3.12. The van der Waals surface area contributed by atoms with Crippen molar-refractivity contribution in [2.24, 2.45) is 7.05 Å². The fourth-order valence-electron chi connectivity index (χ4n) is 2.47. The Morgan fingerprint density at radius 3 is 2.41 bits per heavy atom. The summed E-state index contributed by atoms with van der Waals surface area (Å²) in [6, 6.07) is 17.4. The summed E-state index contributed by atoms with van der Waals surface area (Å²) in [6.45, 7) is 1.97. The van der Waals surface area contributed by atoms with Crippen molar-refractivity contribution in [1.82, 2.24) is 9.78 Å². The Labute approximate surface area is 157 Å². The van der Waals surface area contributed by atoms with E-state index in [-0.39, 0.29) is 5.56 Å². The third-order valence-corrected chi connectivity index (χ3v) is 4.93. The van der Waals surface area contributed by atoms with Gasteiger partial charge < -0.3 is 0 Å². The highest BCUT2D eigenvalue weighted by molar-refractivity contribution is 7.95. The zero-order chi connectivity index (χ0) is 19.4. The molecule has 0 aliphatic carbocycles. The van der Waals surface area contributed by atoms with Gasteiger partial charge >= 0.3 is 0 Å². The molecule has 1 aromatic heterocycles. The Balaban J connectivity index is 1.89. The summed E-state index contributed by atoms with van der Waals surface area (Å²) < 4.78 is 28.7. The second-order valence-corrected chi connectivity index (χ2v) is 7.65. The Morgan fingerprint density at radius 2 is 1.70 bits per heavy atom. The minimum atomic E-state index is -3.72. The number of anilines is 1. The van der Waals surface area contributed by atoms with Crippen molar-refractivity contribution >= 4 is 21.8 Å². The number of aromatic nitrogens is 2. The van der Waals surface area contributed by atoms with Crippen LogP contribution in [0.5, 0.6) is 0 Å². The average molecular weight is 381 g/mol. The van der Waals surface area contributed by atoms with Gasteiger partial charge in [-0.3, -0.25) is 9.52 Å². The van der Waals surface area contributed by atoms with E-state index in [0.29, 0.717) is 16.9 Å². The predicted molar refractivity (Wildman–Crippen MR) is 108 cm³/mol. The first-order valence-corrected chi connectivity index (χ1v) is 9.80. The van der Waals surface area contributed by atoms with Crippen LogP contribution in [0.15, 0.2) is 70.9 Å². The maximum absolute atomic E-state index is 12.5. The number of rotatable bonds is 5. The summed E-state index contributed by atoms with van der Waals surface area (Å²) in [4.78, 5) is 11.5. The molecule has 0 radical (unpaired) electrons. The van der Waals surface area contributed by atoms with Crippen LogP contribution in [0.1, 0.15) is 11.1 Å². The number of hydrogen-bond acceptors (Lipinski definition) is 4. The third kappa shape index (κ3) is 4.71. The van der Waals surface area contributed by atoms with Crippen molar-refractivity contribution in [3.8, 4) is 11.3 Å². The SMILES string of the molecule is Cc1ccc(C=CS(=O)(=O)Nc2ccccc2-c2ccc(=O)n(C)n2)cc1. The fourth-order valence-corrected chi connectivity index (χ4v) is 3.36. The number of nitrogens with one attached hydrogen (secondary N) is 1. The summed E-state index contributed by atoms with van der Waals surface area (Å²) in [5.74, 6) is 0. The summed E-state index contributed by atoms with van der Waals surface area (Å²) in [5, 5.41) is 5.31. The molecule has 1 N–H and O–H groups in total. The van der Waals surface area contributed by atoms with Gasteiger partial charge in [-0.15, -0.1) is 0 Å². The lowest BCUT2D eigenvalue weighted by atomic mass is 10.1. The minimum absolute atomic E-state index is 0.238. The number of aryl methyl sites for hydroxylation is 2. The third-order valence-electron chi connectivity index (χ3n) is 3.93. The Hall–Kier alpha value is -3.19. The topological polar surface area (TPSA) is 81.1 Å². The Kier molecular flexibility index (Phi) is 5.23. The molecule has 3 aromatic rings. The molecule has 0 saturated heterocycles. The maximum atomic E-state index is 12.5. The molecule has 6 nitrogen and oxygen atoms in total. The minimum Gasteiger partial charge on any atom is -0.279 e. The molecule has 3 rings (SSSR count). The van der Waals surface area contributed by atoms with Gasteiger partial charge in [0.2, 0.25) is 0 Å². The standard InChI is InChI=1S/C20H19N3O3S/c1-15-7-9-16(10-8-15)13-14-27(25,26)22-19-6-4-3-5-17(19)18-11-12-20(24)23(2)21-18/h3-14,22H,1-2H3. The second kappa shape index (κ2) is 7.59. The van der Waals surface area contributed by atoms with E-state index in [1.807, 2.05) is 31.2 Å². The molecule has 0 aliphatic heterocycles. The number of sulfonamides is 1. The van der Waals surface area contributed by atoms with E-state index in [1.165, 1.54) is 16.8 Å². The van der Waals surface area contributed by atoms with Crippen LogP contribution < -0.4 is 10.3 Å². The molecule has 2 aromatic carbocycles. The van der Waals surface area contributed by atoms with Gasteiger partial charge in [0.15, 0.2) is 0 Å². The predicted octanol–water partition coefficient (Wildman–Crippen LogP) is 3.17. The van der Waals surface area contributed by atoms with Gasteiger partial charge in [0.25, 0.3) is 15.6 Å². The lowest BCUT2D eigenvalue weighted by Gasteiger charge is -2.11. The highest BCUT2D eigenvalue weighted by Crippen LogP contribution is 2.26. The second-order valence-electron chi connectivity index (χ2n) is 6.09. The molecule has 27 heavy (non-hydrogen) atoms. The largest absolute Gasteiger partial charge is 0.279 e. The fraction of sp³-hybridized carbons (Fsp3) is 0.100. The first kappa shape index (κ1) is 18.6. The molecular formula is C20H19N3O3S. The molecule has 0 fully saturated rings. The van der Waals surface area contributed by atoms with Crippen molar-refractivity contribution in [3.05, 3.63) is 87.6 Å². The van der Waals surface area contributed by atoms with Crippen LogP contribution in [0.2, 0.25) is 0 Å². The molecule has 0 aliphatic rings. The lowest BCUT2D eigenvalue weighted by molar-refractivity contribution is 0.609. The molecule has 138 valence electrons. The first-order chi connectivity index (χ1) is 12.8. The smallest absolute Gasteiger partial charge is 0.266 e. The van der Waals surface area contributed by atoms with E-state index >= 15 is 0 Å². The number of hydrogen-bond donors (Lipinski definition) is 1. The van der Waals surface area contributed by atoms with Gasteiger partial charge in [-0.25, -0.2) is 13.1 Å². The maximum Gasteiger partial charge on any atom is 0.266 e. The Morgan fingerprint density at radius 1 is 1.00 bits per heavy atom. The molecule has 0 amide bonds. The number of benzene rings is 2. The van der Waals surface area contributed by atoms with Crippen molar-refractivity contribution in [2.45, 2.75) is 6.92 Å². The number of para-hydroxylation sites is 1. The molecule has 0 unspecified atom stereocenters. The van der Waals surface area contributed by atoms with Crippen molar-refractivity contribution < 1.29 is 8.42 Å². The van der Waals surface area contributed by atoms with Crippen LogP contribution in [0, 0.1) is 6.92 Å². The highest BCUT2D eigenvalue weighted by Gasteiger charge is 2.12. The van der Waals surface area contributed by atoms with Gasteiger partial charge in [0, 0.05) is 18.7 Å². The van der Waals surface area contributed by atoms with E-state index in [9.17, 15) is 13.2 Å². The molecule has 1 heterocycles. The van der Waals surface area contributed by atoms with E-state index in [4.69, 9.17) is 0 Å². The van der Waals surface area contributed by atoms with Gasteiger partial charge in [-0.2, -0.15) is 5.10 Å². The summed E-state index contributed by atoms with van der Waals surface area (Å²) in [6.07, 6.45) is 1.54. The van der Waals surface area contributed by atoms with Gasteiger partial charge in [-0.05, 0) is 30.7 Å². The van der Waals surface area contributed by atoms with Crippen LogP contribution in [0.3, 0.4) is 0 Å². The lowest BCUT2D eigenvalue weighted by Crippen LogP contribution is -2.18. The van der Waals surface area contributed by atoms with Crippen molar-refractivity contribution in [1.29, 1.82) is 0 Å². The number of nitrogens with zero attached hydrogens (tertiary/aromatic N) is 2. The van der Waals surface area contributed by atoms with Gasteiger partial charge in [0.05, 0.1) is 16.8 Å². The molecule has 7 heteroatoms.